The van der Waals surface area contributed by atoms with E-state index in [1.54, 1.807) is 0 Å². The molecule has 11 heavy (non-hydrogen) atoms. The van der Waals surface area contributed by atoms with Crippen LogP contribution in [0.5, 0.6) is 0 Å². The van der Waals surface area contributed by atoms with E-state index < -0.39 is 0 Å². The third-order valence-electron chi connectivity index (χ3n) is 2.90. The summed E-state index contributed by atoms with van der Waals surface area (Å²) >= 11 is 0. The number of hydrogen-bond acceptors (Lipinski definition) is 2. The molecule has 2 fully saturated rings. The van der Waals surface area contributed by atoms with Gasteiger partial charge in [0.25, 0.3) is 0 Å². The van der Waals surface area contributed by atoms with E-state index in [1.165, 1.54) is 19.3 Å². The highest BCUT2D eigenvalue weighted by atomic mass is 15.2. The SMILES string of the molecule is CC1(C)CNC2CCCC2N1. The zero-order valence-electron chi connectivity index (χ0n) is 7.48. The molecule has 0 aromatic heterocycles. The van der Waals surface area contributed by atoms with Gasteiger partial charge in [0.2, 0.25) is 0 Å². The lowest BCUT2D eigenvalue weighted by atomic mass is 9.97. The topological polar surface area (TPSA) is 24.1 Å². The number of piperazine rings is 1. The van der Waals surface area contributed by atoms with Gasteiger partial charge in [0.05, 0.1) is 0 Å². The number of hydrogen-bond donors (Lipinski definition) is 2. The maximum Gasteiger partial charge on any atom is 0.0252 e. The van der Waals surface area contributed by atoms with Crippen LogP contribution in [0.2, 0.25) is 0 Å². The quantitative estimate of drug-likeness (QED) is 0.541. The van der Waals surface area contributed by atoms with Crippen molar-refractivity contribution >= 4 is 0 Å². The molecule has 2 heteroatoms. The van der Waals surface area contributed by atoms with Crippen LogP contribution in [-0.4, -0.2) is 24.2 Å². The van der Waals surface area contributed by atoms with Gasteiger partial charge in [-0.3, -0.25) is 0 Å². The molecule has 2 N–H and O–H groups in total. The normalized spacial score (nSPS) is 42.0. The third kappa shape index (κ3) is 1.42. The van der Waals surface area contributed by atoms with Crippen molar-refractivity contribution in [2.45, 2.75) is 50.7 Å². The molecule has 0 bridgehead atoms. The number of fused-ring (bicyclic) bond motifs is 1. The first-order valence-corrected chi connectivity index (χ1v) is 4.68. The maximum atomic E-state index is 3.69. The number of rotatable bonds is 0. The van der Waals surface area contributed by atoms with Gasteiger partial charge in [-0.2, -0.15) is 0 Å². The molecule has 2 aliphatic rings. The van der Waals surface area contributed by atoms with Gasteiger partial charge in [-0.15, -0.1) is 0 Å². The third-order valence-corrected chi connectivity index (χ3v) is 2.90. The largest absolute Gasteiger partial charge is 0.311 e. The fraction of sp³-hybridized carbons (Fsp3) is 1.00. The van der Waals surface area contributed by atoms with Crippen LogP contribution in [0.4, 0.5) is 0 Å². The van der Waals surface area contributed by atoms with E-state index in [0.29, 0.717) is 5.54 Å². The van der Waals surface area contributed by atoms with Gasteiger partial charge >= 0.3 is 0 Å². The molecule has 0 aromatic rings. The molecule has 2 rings (SSSR count). The molecule has 64 valence electrons. The summed E-state index contributed by atoms with van der Waals surface area (Å²) < 4.78 is 0. The van der Waals surface area contributed by atoms with E-state index in [0.717, 1.165) is 18.6 Å². The van der Waals surface area contributed by atoms with E-state index in [4.69, 9.17) is 0 Å². The predicted octanol–water partition coefficient (Wildman–Crippen LogP) is 0.879. The van der Waals surface area contributed by atoms with Crippen molar-refractivity contribution in [3.63, 3.8) is 0 Å². The van der Waals surface area contributed by atoms with Crippen molar-refractivity contribution in [1.82, 2.24) is 10.6 Å². The Labute approximate surface area is 68.7 Å². The minimum absolute atomic E-state index is 0.311. The fourth-order valence-electron chi connectivity index (χ4n) is 2.32. The maximum absolute atomic E-state index is 3.69. The molecule has 0 amide bonds. The van der Waals surface area contributed by atoms with Crippen molar-refractivity contribution in [3.05, 3.63) is 0 Å². The highest BCUT2D eigenvalue weighted by Crippen LogP contribution is 2.24. The van der Waals surface area contributed by atoms with Crippen LogP contribution in [-0.2, 0) is 0 Å². The monoisotopic (exact) mass is 154 g/mol. The Balaban J connectivity index is 2.02. The van der Waals surface area contributed by atoms with Crippen LogP contribution in [0, 0.1) is 0 Å². The summed E-state index contributed by atoms with van der Waals surface area (Å²) in [6.45, 7) is 5.66. The van der Waals surface area contributed by atoms with Crippen molar-refractivity contribution in [2.75, 3.05) is 6.54 Å². The van der Waals surface area contributed by atoms with E-state index in [2.05, 4.69) is 24.5 Å². The first-order chi connectivity index (χ1) is 5.17. The van der Waals surface area contributed by atoms with Gasteiger partial charge in [-0.05, 0) is 26.7 Å². The highest BCUT2D eigenvalue weighted by molar-refractivity contribution is 4.99. The Morgan fingerprint density at radius 2 is 1.91 bits per heavy atom. The van der Waals surface area contributed by atoms with E-state index in [1.807, 2.05) is 0 Å². The van der Waals surface area contributed by atoms with Gasteiger partial charge in [0.15, 0.2) is 0 Å². The smallest absolute Gasteiger partial charge is 0.0252 e. The minimum Gasteiger partial charge on any atom is -0.311 e. The summed E-state index contributed by atoms with van der Waals surface area (Å²) in [5.74, 6) is 0. The molecule has 1 aliphatic carbocycles. The Morgan fingerprint density at radius 1 is 1.18 bits per heavy atom. The van der Waals surface area contributed by atoms with Crippen molar-refractivity contribution < 1.29 is 0 Å². The first-order valence-electron chi connectivity index (χ1n) is 4.68. The second kappa shape index (κ2) is 2.46. The second-order valence-corrected chi connectivity index (χ2v) is 4.55. The summed E-state index contributed by atoms with van der Waals surface area (Å²) in [5.41, 5.74) is 0.311. The molecular formula is C9H18N2. The second-order valence-electron chi connectivity index (χ2n) is 4.55. The molecule has 1 heterocycles. The van der Waals surface area contributed by atoms with Crippen LogP contribution >= 0.6 is 0 Å². The zero-order valence-corrected chi connectivity index (χ0v) is 7.48. The minimum atomic E-state index is 0.311. The lowest BCUT2D eigenvalue weighted by Crippen LogP contribution is -2.63. The Hall–Kier alpha value is -0.0800. The van der Waals surface area contributed by atoms with Gasteiger partial charge in [0.1, 0.15) is 0 Å². The molecule has 0 aromatic carbocycles. The standard InChI is InChI=1S/C9H18N2/c1-9(2)6-10-7-4-3-5-8(7)11-9/h7-8,10-11H,3-6H2,1-2H3. The van der Waals surface area contributed by atoms with Crippen LogP contribution in [0.15, 0.2) is 0 Å². The molecule has 2 unspecified atom stereocenters. The Morgan fingerprint density at radius 3 is 2.73 bits per heavy atom. The average Bonchev–Trinajstić information content (AvgIpc) is 2.31. The summed E-state index contributed by atoms with van der Waals surface area (Å²) in [5, 5.41) is 7.30. The summed E-state index contributed by atoms with van der Waals surface area (Å²) in [7, 11) is 0. The van der Waals surface area contributed by atoms with E-state index in [9.17, 15) is 0 Å². The van der Waals surface area contributed by atoms with Gasteiger partial charge < -0.3 is 10.6 Å². The van der Waals surface area contributed by atoms with Gasteiger partial charge in [-0.25, -0.2) is 0 Å². The lowest BCUT2D eigenvalue weighted by Gasteiger charge is -2.40. The highest BCUT2D eigenvalue weighted by Gasteiger charge is 2.36. The summed E-state index contributed by atoms with van der Waals surface area (Å²) in [4.78, 5) is 0. The zero-order chi connectivity index (χ0) is 7.90. The Kier molecular flexibility index (Phi) is 1.69. The van der Waals surface area contributed by atoms with Crippen LogP contribution < -0.4 is 10.6 Å². The van der Waals surface area contributed by atoms with E-state index >= 15 is 0 Å². The summed E-state index contributed by atoms with van der Waals surface area (Å²) in [6, 6.07) is 1.52. The van der Waals surface area contributed by atoms with Crippen LogP contribution in [0.25, 0.3) is 0 Å². The average molecular weight is 154 g/mol. The fourth-order valence-corrected chi connectivity index (χ4v) is 2.32. The first kappa shape index (κ1) is 7.56. The van der Waals surface area contributed by atoms with Gasteiger partial charge in [-0.1, -0.05) is 6.42 Å². The molecule has 2 nitrogen and oxygen atoms in total. The van der Waals surface area contributed by atoms with Crippen LogP contribution in [0.3, 0.4) is 0 Å². The molecule has 0 radical (unpaired) electrons. The molecule has 0 spiro atoms. The van der Waals surface area contributed by atoms with Crippen molar-refractivity contribution in [2.24, 2.45) is 0 Å². The summed E-state index contributed by atoms with van der Waals surface area (Å²) in [6.07, 6.45) is 4.13. The molecule has 1 saturated heterocycles. The molecule has 2 atom stereocenters. The molecule has 1 aliphatic heterocycles. The molecule has 1 saturated carbocycles. The van der Waals surface area contributed by atoms with Gasteiger partial charge in [0, 0.05) is 24.2 Å². The molecular weight excluding hydrogens is 136 g/mol. The van der Waals surface area contributed by atoms with E-state index in [-0.39, 0.29) is 0 Å². The predicted molar refractivity (Wildman–Crippen MR) is 46.6 cm³/mol. The van der Waals surface area contributed by atoms with Crippen molar-refractivity contribution in [1.29, 1.82) is 0 Å². The lowest BCUT2D eigenvalue weighted by molar-refractivity contribution is 0.228. The number of nitrogens with one attached hydrogen (secondary N) is 2. The Bertz CT molecular complexity index is 154. The van der Waals surface area contributed by atoms with Crippen molar-refractivity contribution in [3.8, 4) is 0 Å². The van der Waals surface area contributed by atoms with Crippen LogP contribution in [0.1, 0.15) is 33.1 Å².